The van der Waals surface area contributed by atoms with Crippen molar-refractivity contribution in [3.05, 3.63) is 77.4 Å². The highest BCUT2D eigenvalue weighted by atomic mass is 16.5. The van der Waals surface area contributed by atoms with Crippen molar-refractivity contribution in [2.45, 2.75) is 44.2 Å². The van der Waals surface area contributed by atoms with E-state index in [-0.39, 0.29) is 0 Å². The monoisotopic (exact) mass is 357 g/mol. The highest BCUT2D eigenvalue weighted by Gasteiger charge is 2.33. The second-order valence-corrected chi connectivity index (χ2v) is 8.16. The first-order chi connectivity index (χ1) is 13.3. The van der Waals surface area contributed by atoms with Crippen molar-refractivity contribution >= 4 is 10.8 Å². The van der Waals surface area contributed by atoms with Gasteiger partial charge in [0.05, 0.1) is 7.11 Å². The van der Waals surface area contributed by atoms with Gasteiger partial charge < -0.3 is 10.1 Å². The fourth-order valence-corrected chi connectivity index (χ4v) is 5.20. The average molecular weight is 357 g/mol. The molecule has 1 unspecified atom stereocenters. The molecule has 1 saturated heterocycles. The number of benzene rings is 3. The minimum absolute atomic E-state index is 0.550. The van der Waals surface area contributed by atoms with Crippen LogP contribution in [0.3, 0.4) is 0 Å². The van der Waals surface area contributed by atoms with Crippen molar-refractivity contribution in [2.75, 3.05) is 7.11 Å². The number of piperidine rings is 1. The summed E-state index contributed by atoms with van der Waals surface area (Å²) in [6.45, 7) is 0. The molecule has 3 aromatic rings. The van der Waals surface area contributed by atoms with Crippen molar-refractivity contribution < 1.29 is 4.74 Å². The zero-order valence-corrected chi connectivity index (χ0v) is 15.9. The van der Waals surface area contributed by atoms with Gasteiger partial charge >= 0.3 is 0 Å². The maximum atomic E-state index is 5.58. The Hall–Kier alpha value is -2.32. The predicted octanol–water partition coefficient (Wildman–Crippen LogP) is 4.93. The van der Waals surface area contributed by atoms with E-state index in [0.29, 0.717) is 18.0 Å². The molecule has 1 N–H and O–H groups in total. The second-order valence-electron chi connectivity index (χ2n) is 8.16. The fourth-order valence-electron chi connectivity index (χ4n) is 5.20. The molecule has 0 spiro atoms. The van der Waals surface area contributed by atoms with Crippen molar-refractivity contribution in [3.63, 3.8) is 0 Å². The van der Waals surface area contributed by atoms with E-state index in [4.69, 9.17) is 4.74 Å². The van der Waals surface area contributed by atoms with Gasteiger partial charge in [-0.2, -0.15) is 0 Å². The van der Waals surface area contributed by atoms with Gasteiger partial charge in [0.2, 0.25) is 0 Å². The molecule has 3 aromatic carbocycles. The first-order valence-electron chi connectivity index (χ1n) is 10.2. The number of hydrogen-bond acceptors (Lipinski definition) is 2. The largest absolute Gasteiger partial charge is 0.496 e. The molecule has 27 heavy (non-hydrogen) atoms. The number of ether oxygens (including phenoxy) is 1. The number of rotatable bonds is 3. The first-order valence-corrected chi connectivity index (χ1v) is 10.2. The standard InChI is InChI=1S/C25H27NO/c1-27-25-13-11-19(22-8-4-5-9-23(22)25)16-24-20-10-12-21(26-24)15-18-7-3-2-6-17(18)14-20/h2-9,11,13,20-21,24,26H,10,12,14-16H2,1H3/t20-,21+,24?/m0/s1. The van der Waals surface area contributed by atoms with Crippen LogP contribution in [0.2, 0.25) is 0 Å². The summed E-state index contributed by atoms with van der Waals surface area (Å²) in [6.07, 6.45) is 6.11. The Balaban J connectivity index is 1.48. The lowest BCUT2D eigenvalue weighted by Crippen LogP contribution is -2.51. The van der Waals surface area contributed by atoms with Crippen LogP contribution in [0.5, 0.6) is 5.75 Å². The third-order valence-electron chi connectivity index (χ3n) is 6.61. The molecule has 1 aliphatic carbocycles. The second kappa shape index (κ2) is 7.01. The topological polar surface area (TPSA) is 21.3 Å². The van der Waals surface area contributed by atoms with Gasteiger partial charge in [-0.1, -0.05) is 54.6 Å². The summed E-state index contributed by atoms with van der Waals surface area (Å²) in [5.41, 5.74) is 4.55. The molecule has 6 rings (SSSR count). The molecule has 1 fully saturated rings. The van der Waals surface area contributed by atoms with E-state index in [1.807, 2.05) is 0 Å². The van der Waals surface area contributed by atoms with Gasteiger partial charge in [0.15, 0.2) is 0 Å². The van der Waals surface area contributed by atoms with Crippen molar-refractivity contribution in [3.8, 4) is 5.75 Å². The van der Waals surface area contributed by atoms with Gasteiger partial charge in [-0.15, -0.1) is 0 Å². The molecule has 2 heterocycles. The normalized spacial score (nSPS) is 24.3. The van der Waals surface area contributed by atoms with E-state index in [0.717, 1.165) is 12.2 Å². The van der Waals surface area contributed by atoms with Crippen LogP contribution >= 0.6 is 0 Å². The molecule has 2 nitrogen and oxygen atoms in total. The molecule has 0 radical (unpaired) electrons. The summed E-state index contributed by atoms with van der Waals surface area (Å²) >= 11 is 0. The van der Waals surface area contributed by atoms with E-state index in [2.05, 4.69) is 66.0 Å². The molecule has 0 amide bonds. The lowest BCUT2D eigenvalue weighted by atomic mass is 9.75. The molecule has 3 aliphatic rings. The highest BCUT2D eigenvalue weighted by Crippen LogP contribution is 2.34. The molecular weight excluding hydrogens is 330 g/mol. The summed E-state index contributed by atoms with van der Waals surface area (Å²) in [4.78, 5) is 0. The van der Waals surface area contributed by atoms with Crippen LogP contribution in [0.4, 0.5) is 0 Å². The molecule has 0 aromatic heterocycles. The highest BCUT2D eigenvalue weighted by molar-refractivity contribution is 5.91. The van der Waals surface area contributed by atoms with Crippen molar-refractivity contribution in [1.82, 2.24) is 5.32 Å². The van der Waals surface area contributed by atoms with Crippen LogP contribution in [0.25, 0.3) is 10.8 Å². The van der Waals surface area contributed by atoms with Crippen LogP contribution in [0, 0.1) is 5.92 Å². The lowest BCUT2D eigenvalue weighted by Gasteiger charge is -2.41. The third-order valence-corrected chi connectivity index (χ3v) is 6.61. The third kappa shape index (κ3) is 3.12. The van der Waals surface area contributed by atoms with Crippen LogP contribution in [-0.4, -0.2) is 19.2 Å². The zero-order chi connectivity index (χ0) is 18.2. The summed E-state index contributed by atoms with van der Waals surface area (Å²) in [5, 5.41) is 6.56. The number of nitrogens with one attached hydrogen (secondary N) is 1. The van der Waals surface area contributed by atoms with Gasteiger partial charge in [-0.25, -0.2) is 0 Å². The summed E-state index contributed by atoms with van der Waals surface area (Å²) in [5.74, 6) is 1.68. The van der Waals surface area contributed by atoms with E-state index in [1.54, 1.807) is 18.2 Å². The Morgan fingerprint density at radius 2 is 1.59 bits per heavy atom. The van der Waals surface area contributed by atoms with E-state index in [1.165, 1.54) is 42.0 Å². The summed E-state index contributed by atoms with van der Waals surface area (Å²) < 4.78 is 5.58. The Labute approximate surface area is 161 Å². The van der Waals surface area contributed by atoms with Crippen molar-refractivity contribution in [1.29, 1.82) is 0 Å². The number of hydrogen-bond donors (Lipinski definition) is 1. The number of fused-ring (bicyclic) bond motifs is 3. The Bertz CT molecular complexity index is 963. The van der Waals surface area contributed by atoms with Crippen molar-refractivity contribution in [2.24, 2.45) is 5.92 Å². The summed E-state index contributed by atoms with van der Waals surface area (Å²) in [6, 6.07) is 23.3. The number of methoxy groups -OCH3 is 1. The molecule has 2 aliphatic heterocycles. The SMILES string of the molecule is COc1ccc(CC2N[C@@H]3CC[C@H]2Cc2ccccc2C3)c2ccccc12. The maximum absolute atomic E-state index is 5.58. The van der Waals surface area contributed by atoms with Crippen LogP contribution in [-0.2, 0) is 19.3 Å². The predicted molar refractivity (Wildman–Crippen MR) is 111 cm³/mol. The quantitative estimate of drug-likeness (QED) is 0.718. The maximum Gasteiger partial charge on any atom is 0.126 e. The molecule has 0 saturated carbocycles. The zero-order valence-electron chi connectivity index (χ0n) is 15.9. The van der Waals surface area contributed by atoms with Gasteiger partial charge in [0.25, 0.3) is 0 Å². The Morgan fingerprint density at radius 1 is 0.852 bits per heavy atom. The molecule has 2 heteroatoms. The van der Waals surface area contributed by atoms with E-state index < -0.39 is 0 Å². The van der Waals surface area contributed by atoms with E-state index >= 15 is 0 Å². The lowest BCUT2D eigenvalue weighted by molar-refractivity contribution is 0.217. The molecular formula is C25H27NO. The average Bonchev–Trinajstić information content (AvgIpc) is 2.69. The van der Waals surface area contributed by atoms with Crippen LogP contribution < -0.4 is 10.1 Å². The van der Waals surface area contributed by atoms with Gasteiger partial charge in [0.1, 0.15) is 5.75 Å². The van der Waals surface area contributed by atoms with Crippen LogP contribution in [0.15, 0.2) is 60.7 Å². The minimum Gasteiger partial charge on any atom is -0.496 e. The van der Waals surface area contributed by atoms with Gasteiger partial charge in [-0.05, 0) is 66.2 Å². The van der Waals surface area contributed by atoms with E-state index in [9.17, 15) is 0 Å². The van der Waals surface area contributed by atoms with Gasteiger partial charge in [0, 0.05) is 17.5 Å². The summed E-state index contributed by atoms with van der Waals surface area (Å²) in [7, 11) is 1.76. The molecule has 2 bridgehead atoms. The fraction of sp³-hybridized carbons (Fsp3) is 0.360. The van der Waals surface area contributed by atoms with Gasteiger partial charge in [-0.3, -0.25) is 0 Å². The molecule has 138 valence electrons. The minimum atomic E-state index is 0.550. The first kappa shape index (κ1) is 16.8. The Morgan fingerprint density at radius 3 is 2.41 bits per heavy atom. The molecule has 3 atom stereocenters. The smallest absolute Gasteiger partial charge is 0.126 e. The Kier molecular flexibility index (Phi) is 4.37. The van der Waals surface area contributed by atoms with Crippen LogP contribution in [0.1, 0.15) is 29.5 Å².